The maximum absolute atomic E-state index is 10.5. The molecular formula is C8H13O4. The Morgan fingerprint density at radius 2 is 1.67 bits per heavy atom. The molecule has 0 aromatic heterocycles. The molecule has 0 heterocycles. The van der Waals surface area contributed by atoms with E-state index in [-0.39, 0.29) is 0 Å². The van der Waals surface area contributed by atoms with Crippen LogP contribution in [0.15, 0.2) is 0 Å². The smallest absolute Gasteiger partial charge is 0.305 e. The van der Waals surface area contributed by atoms with Crippen molar-refractivity contribution < 1.29 is 19.1 Å². The Hall–Kier alpha value is -1.06. The molecule has 0 unspecified atom stereocenters. The quantitative estimate of drug-likeness (QED) is 0.471. The zero-order chi connectivity index (χ0) is 9.56. The Bertz CT molecular complexity index is 148. The molecule has 0 bridgehead atoms. The third-order valence-corrected chi connectivity index (χ3v) is 1.03. The first-order valence-electron chi connectivity index (χ1n) is 3.70. The van der Waals surface area contributed by atoms with Crippen molar-refractivity contribution in [2.24, 2.45) is 0 Å². The van der Waals surface area contributed by atoms with Crippen molar-refractivity contribution >= 4 is 11.9 Å². The van der Waals surface area contributed by atoms with Crippen molar-refractivity contribution in [3.8, 4) is 0 Å². The molecule has 0 N–H and O–H groups in total. The fraction of sp³-hybridized carbons (Fsp3) is 0.625. The molecule has 1 radical (unpaired) electrons. The predicted octanol–water partition coefficient (Wildman–Crippen LogP) is 1.05. The molecular weight excluding hydrogens is 160 g/mol. The maximum atomic E-state index is 10.5. The highest BCUT2D eigenvalue weighted by Gasteiger charge is 2.12. The first kappa shape index (κ1) is 10.9. The molecule has 0 fully saturated rings. The Morgan fingerprint density at radius 1 is 1.25 bits per heavy atom. The van der Waals surface area contributed by atoms with Crippen molar-refractivity contribution in [2.45, 2.75) is 33.0 Å². The summed E-state index contributed by atoms with van der Waals surface area (Å²) in [5.41, 5.74) is 0. The standard InChI is InChI=1S/C8H13O4/c1-4-5-8(11-6(2)9)12-7(3)10/h8H,1,4-5H2,2-3H3. The van der Waals surface area contributed by atoms with Gasteiger partial charge < -0.3 is 9.47 Å². The van der Waals surface area contributed by atoms with Gasteiger partial charge in [0.25, 0.3) is 0 Å². The third kappa shape index (κ3) is 5.70. The fourth-order valence-electron chi connectivity index (χ4n) is 0.679. The van der Waals surface area contributed by atoms with E-state index in [2.05, 4.69) is 16.4 Å². The molecule has 0 saturated heterocycles. The van der Waals surface area contributed by atoms with Crippen LogP contribution in [0.25, 0.3) is 0 Å². The van der Waals surface area contributed by atoms with E-state index in [1.807, 2.05) is 0 Å². The van der Waals surface area contributed by atoms with Crippen LogP contribution in [0, 0.1) is 6.92 Å². The van der Waals surface area contributed by atoms with Gasteiger partial charge in [-0.15, -0.1) is 0 Å². The van der Waals surface area contributed by atoms with Crippen molar-refractivity contribution in [3.63, 3.8) is 0 Å². The fourth-order valence-corrected chi connectivity index (χ4v) is 0.679. The van der Waals surface area contributed by atoms with Gasteiger partial charge in [0, 0.05) is 20.3 Å². The lowest BCUT2D eigenvalue weighted by Crippen LogP contribution is -2.22. The summed E-state index contributed by atoms with van der Waals surface area (Å²) in [6, 6.07) is 0. The van der Waals surface area contributed by atoms with Crippen LogP contribution in [0.4, 0.5) is 0 Å². The molecule has 0 saturated carbocycles. The first-order valence-corrected chi connectivity index (χ1v) is 3.70. The van der Waals surface area contributed by atoms with Crippen molar-refractivity contribution in [1.82, 2.24) is 0 Å². The average molecular weight is 173 g/mol. The Morgan fingerprint density at radius 3 is 1.92 bits per heavy atom. The van der Waals surface area contributed by atoms with E-state index >= 15 is 0 Å². The van der Waals surface area contributed by atoms with Gasteiger partial charge in [-0.2, -0.15) is 0 Å². The van der Waals surface area contributed by atoms with E-state index in [1.54, 1.807) is 0 Å². The average Bonchev–Trinajstić information content (AvgIpc) is 1.84. The van der Waals surface area contributed by atoms with Gasteiger partial charge in [-0.05, 0) is 6.42 Å². The van der Waals surface area contributed by atoms with Crippen LogP contribution in [-0.4, -0.2) is 18.2 Å². The minimum atomic E-state index is -0.780. The monoisotopic (exact) mass is 173 g/mol. The van der Waals surface area contributed by atoms with Gasteiger partial charge in [0.2, 0.25) is 6.29 Å². The summed E-state index contributed by atoms with van der Waals surface area (Å²) in [5, 5.41) is 0. The number of carbonyl (C=O) groups excluding carboxylic acids is 2. The van der Waals surface area contributed by atoms with Crippen molar-refractivity contribution in [3.05, 3.63) is 6.92 Å². The molecule has 0 aliphatic rings. The third-order valence-electron chi connectivity index (χ3n) is 1.03. The minimum Gasteiger partial charge on any atom is -0.425 e. The van der Waals surface area contributed by atoms with Crippen LogP contribution >= 0.6 is 0 Å². The van der Waals surface area contributed by atoms with Crippen LogP contribution in [0.3, 0.4) is 0 Å². The van der Waals surface area contributed by atoms with Crippen molar-refractivity contribution in [1.29, 1.82) is 0 Å². The molecule has 0 spiro atoms. The summed E-state index contributed by atoms with van der Waals surface area (Å²) >= 11 is 0. The van der Waals surface area contributed by atoms with Crippen LogP contribution in [0.2, 0.25) is 0 Å². The van der Waals surface area contributed by atoms with Gasteiger partial charge in [0.05, 0.1) is 0 Å². The van der Waals surface area contributed by atoms with Crippen LogP contribution in [0.5, 0.6) is 0 Å². The number of rotatable bonds is 4. The van der Waals surface area contributed by atoms with Gasteiger partial charge >= 0.3 is 11.9 Å². The molecule has 0 rings (SSSR count). The molecule has 69 valence electrons. The summed E-state index contributed by atoms with van der Waals surface area (Å²) in [7, 11) is 0. The Kier molecular flexibility index (Phi) is 5.08. The number of hydrogen-bond acceptors (Lipinski definition) is 4. The van der Waals surface area contributed by atoms with Crippen molar-refractivity contribution in [2.75, 3.05) is 0 Å². The van der Waals surface area contributed by atoms with Gasteiger partial charge in [-0.3, -0.25) is 9.59 Å². The molecule has 0 amide bonds. The minimum absolute atomic E-state index is 0.430. The van der Waals surface area contributed by atoms with E-state index in [9.17, 15) is 9.59 Å². The van der Waals surface area contributed by atoms with E-state index in [1.165, 1.54) is 13.8 Å². The number of ether oxygens (including phenoxy) is 2. The Labute approximate surface area is 71.8 Å². The molecule has 0 aromatic carbocycles. The number of carbonyl (C=O) groups is 2. The van der Waals surface area contributed by atoms with Crippen LogP contribution in [-0.2, 0) is 19.1 Å². The maximum Gasteiger partial charge on any atom is 0.305 e. The zero-order valence-electron chi connectivity index (χ0n) is 7.33. The molecule has 0 aromatic rings. The zero-order valence-corrected chi connectivity index (χ0v) is 7.33. The summed E-state index contributed by atoms with van der Waals surface area (Å²) in [6.07, 6.45) is 0.196. The van der Waals surface area contributed by atoms with Gasteiger partial charge in [-0.1, -0.05) is 6.92 Å². The van der Waals surface area contributed by atoms with E-state index in [4.69, 9.17) is 0 Å². The second kappa shape index (κ2) is 5.57. The van der Waals surface area contributed by atoms with E-state index in [0.717, 1.165) is 0 Å². The highest BCUT2D eigenvalue weighted by atomic mass is 16.7. The lowest BCUT2D eigenvalue weighted by molar-refractivity contribution is -0.185. The summed E-state index contributed by atoms with van der Waals surface area (Å²) < 4.78 is 9.36. The lowest BCUT2D eigenvalue weighted by Gasteiger charge is -2.15. The summed E-state index contributed by atoms with van der Waals surface area (Å²) in [6.45, 7) is 6.08. The topological polar surface area (TPSA) is 52.6 Å². The number of esters is 2. The molecule has 4 heteroatoms. The number of hydrogen-bond donors (Lipinski definition) is 0. The first-order chi connectivity index (χ1) is 5.56. The summed E-state index contributed by atoms with van der Waals surface area (Å²) in [5.74, 6) is -0.926. The molecule has 0 aliphatic heterocycles. The van der Waals surface area contributed by atoms with E-state index in [0.29, 0.717) is 12.8 Å². The predicted molar refractivity (Wildman–Crippen MR) is 41.9 cm³/mol. The molecule has 0 aliphatic carbocycles. The Balaban J connectivity index is 3.85. The summed E-state index contributed by atoms with van der Waals surface area (Å²) in [4.78, 5) is 21.0. The second-order valence-corrected chi connectivity index (χ2v) is 2.29. The molecule has 4 nitrogen and oxygen atoms in total. The normalized spacial score (nSPS) is 9.67. The molecule has 12 heavy (non-hydrogen) atoms. The van der Waals surface area contributed by atoms with Gasteiger partial charge in [0.15, 0.2) is 0 Å². The van der Waals surface area contributed by atoms with Gasteiger partial charge in [0.1, 0.15) is 0 Å². The molecule has 0 atom stereocenters. The van der Waals surface area contributed by atoms with Crippen LogP contribution < -0.4 is 0 Å². The lowest BCUT2D eigenvalue weighted by atomic mass is 10.3. The van der Waals surface area contributed by atoms with Gasteiger partial charge in [-0.25, -0.2) is 0 Å². The van der Waals surface area contributed by atoms with Crippen LogP contribution in [0.1, 0.15) is 26.7 Å². The van der Waals surface area contributed by atoms with E-state index < -0.39 is 18.2 Å². The second-order valence-electron chi connectivity index (χ2n) is 2.29. The SMILES string of the molecule is [CH2]CCC(OC(C)=O)OC(C)=O. The largest absolute Gasteiger partial charge is 0.425 e. The highest BCUT2D eigenvalue weighted by molar-refractivity contribution is 5.68. The highest BCUT2D eigenvalue weighted by Crippen LogP contribution is 2.04.